The molecule has 20 heavy (non-hydrogen) atoms. The van der Waals surface area contributed by atoms with E-state index < -0.39 is 0 Å². The van der Waals surface area contributed by atoms with Gasteiger partial charge < -0.3 is 10.1 Å². The number of hydrogen-bond acceptors (Lipinski definition) is 2. The van der Waals surface area contributed by atoms with Crippen LogP contribution in [-0.2, 0) is 4.79 Å². The van der Waals surface area contributed by atoms with Crippen molar-refractivity contribution >= 4 is 11.6 Å². The van der Waals surface area contributed by atoms with Crippen LogP contribution in [-0.4, -0.2) is 13.0 Å². The average Bonchev–Trinajstić information content (AvgIpc) is 3.10. The first-order valence-corrected chi connectivity index (χ1v) is 7.41. The van der Waals surface area contributed by atoms with Crippen LogP contribution < -0.4 is 10.1 Å². The lowest BCUT2D eigenvalue weighted by atomic mass is 10.1. The molecule has 0 bridgehead atoms. The molecule has 0 aromatic heterocycles. The zero-order valence-corrected chi connectivity index (χ0v) is 11.8. The summed E-state index contributed by atoms with van der Waals surface area (Å²) in [6.45, 7) is 0. The van der Waals surface area contributed by atoms with Gasteiger partial charge >= 0.3 is 0 Å². The fourth-order valence-corrected chi connectivity index (χ4v) is 3.23. The molecule has 1 aromatic carbocycles. The molecule has 0 spiro atoms. The van der Waals surface area contributed by atoms with E-state index in [2.05, 4.69) is 17.5 Å². The summed E-state index contributed by atoms with van der Waals surface area (Å²) in [5.41, 5.74) is 0.817. The zero-order valence-electron chi connectivity index (χ0n) is 11.8. The van der Waals surface area contributed by atoms with Crippen molar-refractivity contribution in [3.63, 3.8) is 0 Å². The van der Waals surface area contributed by atoms with E-state index in [-0.39, 0.29) is 11.8 Å². The number of ether oxygens (including phenoxy) is 1. The fourth-order valence-electron chi connectivity index (χ4n) is 3.23. The molecule has 0 unspecified atom stereocenters. The smallest absolute Gasteiger partial charge is 0.228 e. The Kier molecular flexibility index (Phi) is 3.77. The monoisotopic (exact) mass is 271 g/mol. The fraction of sp³-hybridized carbons (Fsp3) is 0.471. The maximum atomic E-state index is 12.4. The SMILES string of the molecule is COc1cccc(NC(=O)[C@@H]2[C@H]3/C=C\CCCC[C@@H]32)c1. The molecule has 106 valence electrons. The molecule has 0 radical (unpaired) electrons. The number of amides is 1. The average molecular weight is 271 g/mol. The third kappa shape index (κ3) is 2.72. The van der Waals surface area contributed by atoms with E-state index >= 15 is 0 Å². The predicted molar refractivity (Wildman–Crippen MR) is 79.7 cm³/mol. The number of nitrogens with one attached hydrogen (secondary N) is 1. The summed E-state index contributed by atoms with van der Waals surface area (Å²) in [4.78, 5) is 12.4. The van der Waals surface area contributed by atoms with Gasteiger partial charge in [0.1, 0.15) is 5.75 Å². The van der Waals surface area contributed by atoms with Crippen LogP contribution in [0.15, 0.2) is 36.4 Å². The van der Waals surface area contributed by atoms with Crippen LogP contribution in [0.4, 0.5) is 5.69 Å². The molecule has 0 saturated heterocycles. The molecule has 1 saturated carbocycles. The van der Waals surface area contributed by atoms with Crippen molar-refractivity contribution in [3.05, 3.63) is 36.4 Å². The van der Waals surface area contributed by atoms with Crippen LogP contribution in [0.2, 0.25) is 0 Å². The zero-order chi connectivity index (χ0) is 13.9. The highest BCUT2D eigenvalue weighted by atomic mass is 16.5. The Morgan fingerprint density at radius 1 is 1.35 bits per heavy atom. The Morgan fingerprint density at radius 3 is 3.10 bits per heavy atom. The highest BCUT2D eigenvalue weighted by Gasteiger charge is 2.52. The Morgan fingerprint density at radius 2 is 2.25 bits per heavy atom. The van der Waals surface area contributed by atoms with Crippen molar-refractivity contribution in [3.8, 4) is 5.75 Å². The van der Waals surface area contributed by atoms with Crippen LogP contribution in [0.1, 0.15) is 25.7 Å². The molecule has 1 fully saturated rings. The molecule has 3 nitrogen and oxygen atoms in total. The van der Waals surface area contributed by atoms with Crippen LogP contribution in [0.25, 0.3) is 0 Å². The van der Waals surface area contributed by atoms with E-state index in [0.29, 0.717) is 11.8 Å². The highest BCUT2D eigenvalue weighted by Crippen LogP contribution is 2.51. The Labute approximate surface area is 120 Å². The molecule has 1 aromatic rings. The van der Waals surface area contributed by atoms with E-state index in [1.165, 1.54) is 19.3 Å². The number of carbonyl (C=O) groups excluding carboxylic acids is 1. The standard InChI is InChI=1S/C17H21NO2/c1-20-13-8-6-7-12(11-13)18-17(19)16-14-9-4-2-3-5-10-15(14)16/h4,6-9,11,14-16H,2-3,5,10H2,1H3,(H,18,19)/b9-4-/t14-,15-,16+/m0/s1. The van der Waals surface area contributed by atoms with Gasteiger partial charge in [-0.3, -0.25) is 4.79 Å². The number of rotatable bonds is 3. The summed E-state index contributed by atoms with van der Waals surface area (Å²) < 4.78 is 5.18. The summed E-state index contributed by atoms with van der Waals surface area (Å²) in [6.07, 6.45) is 9.34. The van der Waals surface area contributed by atoms with Gasteiger partial charge in [-0.2, -0.15) is 0 Å². The number of carbonyl (C=O) groups is 1. The van der Waals surface area contributed by atoms with E-state index in [9.17, 15) is 4.79 Å². The Balaban J connectivity index is 1.65. The van der Waals surface area contributed by atoms with Gasteiger partial charge in [-0.05, 0) is 43.2 Å². The summed E-state index contributed by atoms with van der Waals surface area (Å²) >= 11 is 0. The molecule has 3 heteroatoms. The second kappa shape index (κ2) is 5.70. The maximum absolute atomic E-state index is 12.4. The normalized spacial score (nSPS) is 29.6. The maximum Gasteiger partial charge on any atom is 0.228 e. The lowest BCUT2D eigenvalue weighted by molar-refractivity contribution is -0.117. The number of methoxy groups -OCH3 is 1. The van der Waals surface area contributed by atoms with E-state index in [0.717, 1.165) is 17.9 Å². The quantitative estimate of drug-likeness (QED) is 0.853. The topological polar surface area (TPSA) is 38.3 Å². The second-order valence-electron chi connectivity index (χ2n) is 5.70. The summed E-state index contributed by atoms with van der Waals surface area (Å²) in [7, 11) is 1.63. The van der Waals surface area contributed by atoms with Crippen molar-refractivity contribution in [2.75, 3.05) is 12.4 Å². The van der Waals surface area contributed by atoms with Crippen LogP contribution >= 0.6 is 0 Å². The first-order valence-electron chi connectivity index (χ1n) is 7.41. The van der Waals surface area contributed by atoms with Crippen LogP contribution in [0, 0.1) is 17.8 Å². The number of benzene rings is 1. The van der Waals surface area contributed by atoms with Gasteiger partial charge in [-0.15, -0.1) is 0 Å². The Bertz CT molecular complexity index is 523. The lowest BCUT2D eigenvalue weighted by Gasteiger charge is -2.06. The first kappa shape index (κ1) is 13.2. The van der Waals surface area contributed by atoms with Gasteiger partial charge in [-0.25, -0.2) is 0 Å². The highest BCUT2D eigenvalue weighted by molar-refractivity contribution is 5.95. The second-order valence-corrected chi connectivity index (χ2v) is 5.70. The number of fused-ring (bicyclic) bond motifs is 1. The molecule has 1 N–H and O–H groups in total. The molecule has 3 atom stereocenters. The molecule has 2 aliphatic rings. The van der Waals surface area contributed by atoms with Gasteiger partial charge in [0.25, 0.3) is 0 Å². The van der Waals surface area contributed by atoms with Crippen molar-refractivity contribution in [1.82, 2.24) is 0 Å². The molecule has 0 heterocycles. The minimum absolute atomic E-state index is 0.153. The molecule has 0 aliphatic heterocycles. The largest absolute Gasteiger partial charge is 0.497 e. The summed E-state index contributed by atoms with van der Waals surface area (Å²) in [5, 5.41) is 3.02. The third-order valence-corrected chi connectivity index (χ3v) is 4.39. The van der Waals surface area contributed by atoms with Crippen molar-refractivity contribution in [2.24, 2.45) is 17.8 Å². The van der Waals surface area contributed by atoms with E-state index in [1.807, 2.05) is 24.3 Å². The molecule has 3 rings (SSSR count). The number of anilines is 1. The lowest BCUT2D eigenvalue weighted by Crippen LogP contribution is -2.15. The van der Waals surface area contributed by atoms with Crippen molar-refractivity contribution in [2.45, 2.75) is 25.7 Å². The third-order valence-electron chi connectivity index (χ3n) is 4.39. The van der Waals surface area contributed by atoms with Crippen molar-refractivity contribution in [1.29, 1.82) is 0 Å². The molecular formula is C17H21NO2. The van der Waals surface area contributed by atoms with Gasteiger partial charge in [0.2, 0.25) is 5.91 Å². The van der Waals surface area contributed by atoms with Crippen molar-refractivity contribution < 1.29 is 9.53 Å². The number of hydrogen-bond donors (Lipinski definition) is 1. The Hall–Kier alpha value is -1.77. The first-order chi connectivity index (χ1) is 9.79. The summed E-state index contributed by atoms with van der Waals surface area (Å²) in [6, 6.07) is 7.53. The van der Waals surface area contributed by atoms with Crippen LogP contribution in [0.3, 0.4) is 0 Å². The van der Waals surface area contributed by atoms with Gasteiger partial charge in [0.15, 0.2) is 0 Å². The van der Waals surface area contributed by atoms with E-state index in [4.69, 9.17) is 4.74 Å². The van der Waals surface area contributed by atoms with Gasteiger partial charge in [0, 0.05) is 17.7 Å². The van der Waals surface area contributed by atoms with Crippen LogP contribution in [0.5, 0.6) is 5.75 Å². The van der Waals surface area contributed by atoms with Gasteiger partial charge in [-0.1, -0.05) is 24.6 Å². The molecular weight excluding hydrogens is 250 g/mol. The summed E-state index contributed by atoms with van der Waals surface area (Å²) in [5.74, 6) is 2.10. The minimum atomic E-state index is 0.153. The molecule has 2 aliphatic carbocycles. The van der Waals surface area contributed by atoms with Gasteiger partial charge in [0.05, 0.1) is 7.11 Å². The number of allylic oxidation sites excluding steroid dienone is 2. The molecule has 1 amide bonds. The predicted octanol–water partition coefficient (Wildman–Crippen LogP) is 3.63. The minimum Gasteiger partial charge on any atom is -0.497 e. The van der Waals surface area contributed by atoms with E-state index in [1.54, 1.807) is 7.11 Å².